The highest BCUT2D eigenvalue weighted by molar-refractivity contribution is 5.78. The van der Waals surface area contributed by atoms with Gasteiger partial charge in [-0.25, -0.2) is 0 Å². The molecule has 2 aliphatic rings. The van der Waals surface area contributed by atoms with Crippen molar-refractivity contribution in [3.8, 4) is 0 Å². The first-order valence-corrected chi connectivity index (χ1v) is 8.67. The number of hydrogen-bond donors (Lipinski definition) is 1. The molecule has 1 aliphatic carbocycles. The number of hydrogen-bond acceptors (Lipinski definition) is 3. The summed E-state index contributed by atoms with van der Waals surface area (Å²) in [5.74, 6) is 1.14. The number of piperidine rings is 1. The first kappa shape index (κ1) is 15.5. The number of aromatic nitrogens is 2. The van der Waals surface area contributed by atoms with E-state index in [4.69, 9.17) is 0 Å². The zero-order valence-corrected chi connectivity index (χ0v) is 13.8. The van der Waals surface area contributed by atoms with Gasteiger partial charge in [0.2, 0.25) is 5.91 Å². The lowest BCUT2D eigenvalue weighted by atomic mass is 10.0. The fraction of sp³-hybridized carbons (Fsp3) is 0.765. The highest BCUT2D eigenvalue weighted by atomic mass is 16.2. The second kappa shape index (κ2) is 6.82. The van der Waals surface area contributed by atoms with E-state index in [0.717, 1.165) is 37.5 Å². The van der Waals surface area contributed by atoms with Gasteiger partial charge in [0.25, 0.3) is 0 Å². The first-order valence-electron chi connectivity index (χ1n) is 8.67. The van der Waals surface area contributed by atoms with Crippen LogP contribution in [0.15, 0.2) is 12.3 Å². The summed E-state index contributed by atoms with van der Waals surface area (Å²) in [7, 11) is 0. The summed E-state index contributed by atoms with van der Waals surface area (Å²) >= 11 is 0. The smallest absolute Gasteiger partial charge is 0.228 e. The molecule has 1 aromatic rings. The van der Waals surface area contributed by atoms with Crippen LogP contribution in [-0.4, -0.2) is 46.3 Å². The van der Waals surface area contributed by atoms with Crippen molar-refractivity contribution in [3.63, 3.8) is 0 Å². The van der Waals surface area contributed by atoms with Gasteiger partial charge in [-0.05, 0) is 58.1 Å². The molecule has 0 atom stereocenters. The predicted molar refractivity (Wildman–Crippen MR) is 86.6 cm³/mol. The monoisotopic (exact) mass is 304 g/mol. The lowest BCUT2D eigenvalue weighted by Crippen LogP contribution is -2.45. The molecule has 0 bridgehead atoms. The molecule has 0 radical (unpaired) electrons. The Morgan fingerprint density at radius 2 is 2.05 bits per heavy atom. The number of amides is 1. The van der Waals surface area contributed by atoms with E-state index in [-0.39, 0.29) is 5.91 Å². The molecule has 5 nitrogen and oxygen atoms in total. The SMILES string of the molecule is CC(C)n1ccc(CC(=O)N2CCC(NCC3CC3)CC2)n1. The van der Waals surface area contributed by atoms with E-state index >= 15 is 0 Å². The van der Waals surface area contributed by atoms with E-state index in [9.17, 15) is 4.79 Å². The standard InChI is InChI=1S/C17H28N4O/c1-13(2)21-10-7-16(19-21)11-17(22)20-8-5-15(6-9-20)18-12-14-3-4-14/h7,10,13-15,18H,3-6,8-9,11-12H2,1-2H3. The Labute approximate surface area is 133 Å². The van der Waals surface area contributed by atoms with Crippen LogP contribution in [0, 0.1) is 5.92 Å². The number of nitrogens with one attached hydrogen (secondary N) is 1. The maximum absolute atomic E-state index is 12.4. The average molecular weight is 304 g/mol. The Balaban J connectivity index is 1.42. The number of likely N-dealkylation sites (tertiary alicyclic amines) is 1. The Morgan fingerprint density at radius 1 is 1.32 bits per heavy atom. The topological polar surface area (TPSA) is 50.2 Å². The summed E-state index contributed by atoms with van der Waals surface area (Å²) < 4.78 is 1.91. The Hall–Kier alpha value is -1.36. The van der Waals surface area contributed by atoms with Crippen LogP contribution in [0.4, 0.5) is 0 Å². The number of nitrogens with zero attached hydrogens (tertiary/aromatic N) is 3. The van der Waals surface area contributed by atoms with Crippen LogP contribution in [-0.2, 0) is 11.2 Å². The minimum absolute atomic E-state index is 0.217. The third-order valence-electron chi connectivity index (χ3n) is 4.76. The highest BCUT2D eigenvalue weighted by Crippen LogP contribution is 2.28. The van der Waals surface area contributed by atoms with Crippen molar-refractivity contribution in [2.75, 3.05) is 19.6 Å². The van der Waals surface area contributed by atoms with E-state index in [1.165, 1.54) is 19.4 Å². The van der Waals surface area contributed by atoms with Crippen molar-refractivity contribution in [1.29, 1.82) is 0 Å². The third-order valence-corrected chi connectivity index (χ3v) is 4.76. The minimum Gasteiger partial charge on any atom is -0.342 e. The van der Waals surface area contributed by atoms with Gasteiger partial charge in [-0.15, -0.1) is 0 Å². The van der Waals surface area contributed by atoms with Crippen molar-refractivity contribution in [2.24, 2.45) is 5.92 Å². The maximum Gasteiger partial charge on any atom is 0.228 e. The minimum atomic E-state index is 0.217. The van der Waals surface area contributed by atoms with Gasteiger partial charge in [-0.3, -0.25) is 9.48 Å². The second-order valence-corrected chi connectivity index (χ2v) is 7.06. The first-order chi connectivity index (χ1) is 10.6. The molecule has 1 saturated carbocycles. The summed E-state index contributed by atoms with van der Waals surface area (Å²) in [4.78, 5) is 14.4. The average Bonchev–Trinajstić information content (AvgIpc) is 3.23. The predicted octanol–water partition coefficient (Wildman–Crippen LogP) is 2.00. The second-order valence-electron chi connectivity index (χ2n) is 7.06. The Kier molecular flexibility index (Phi) is 4.81. The van der Waals surface area contributed by atoms with Crippen molar-refractivity contribution >= 4 is 5.91 Å². The highest BCUT2D eigenvalue weighted by Gasteiger charge is 2.26. The normalized spacial score (nSPS) is 19.9. The van der Waals surface area contributed by atoms with Gasteiger partial charge >= 0.3 is 0 Å². The molecule has 1 saturated heterocycles. The van der Waals surface area contributed by atoms with Gasteiger partial charge < -0.3 is 10.2 Å². The van der Waals surface area contributed by atoms with Gasteiger partial charge in [0, 0.05) is 31.4 Å². The van der Waals surface area contributed by atoms with Crippen LogP contribution in [0.2, 0.25) is 0 Å². The van der Waals surface area contributed by atoms with Gasteiger partial charge in [-0.1, -0.05) is 0 Å². The van der Waals surface area contributed by atoms with Crippen molar-refractivity contribution < 1.29 is 4.79 Å². The zero-order chi connectivity index (χ0) is 15.5. The summed E-state index contributed by atoms with van der Waals surface area (Å²) in [6, 6.07) is 2.91. The molecule has 22 heavy (non-hydrogen) atoms. The van der Waals surface area contributed by atoms with E-state index in [0.29, 0.717) is 18.5 Å². The van der Waals surface area contributed by atoms with Gasteiger partial charge in [0.1, 0.15) is 0 Å². The van der Waals surface area contributed by atoms with E-state index in [1.807, 2.05) is 21.8 Å². The molecule has 2 heterocycles. The fourth-order valence-electron chi connectivity index (χ4n) is 3.01. The molecule has 1 N–H and O–H groups in total. The van der Waals surface area contributed by atoms with Crippen LogP contribution < -0.4 is 5.32 Å². The summed E-state index contributed by atoms with van der Waals surface area (Å²) in [5, 5.41) is 8.13. The number of rotatable bonds is 6. The summed E-state index contributed by atoms with van der Waals surface area (Å²) in [6.45, 7) is 7.12. The molecular weight excluding hydrogens is 276 g/mol. The molecule has 0 spiro atoms. The van der Waals surface area contributed by atoms with Crippen LogP contribution in [0.3, 0.4) is 0 Å². The number of carbonyl (C=O) groups excluding carboxylic acids is 1. The Morgan fingerprint density at radius 3 is 2.64 bits per heavy atom. The molecule has 5 heteroatoms. The largest absolute Gasteiger partial charge is 0.342 e. The van der Waals surface area contributed by atoms with E-state index in [2.05, 4.69) is 24.3 Å². The van der Waals surface area contributed by atoms with Crippen molar-refractivity contribution in [2.45, 2.75) is 58.0 Å². The van der Waals surface area contributed by atoms with Crippen LogP contribution in [0.25, 0.3) is 0 Å². The molecule has 1 aliphatic heterocycles. The van der Waals surface area contributed by atoms with Gasteiger partial charge in [0.15, 0.2) is 0 Å². The molecule has 3 rings (SSSR count). The van der Waals surface area contributed by atoms with Crippen molar-refractivity contribution in [3.05, 3.63) is 18.0 Å². The molecule has 1 aromatic heterocycles. The van der Waals surface area contributed by atoms with E-state index in [1.54, 1.807) is 0 Å². The molecule has 0 aromatic carbocycles. The summed E-state index contributed by atoms with van der Waals surface area (Å²) in [5.41, 5.74) is 0.882. The van der Waals surface area contributed by atoms with Gasteiger partial charge in [0.05, 0.1) is 12.1 Å². The summed E-state index contributed by atoms with van der Waals surface area (Å²) in [6.07, 6.45) is 7.35. The molecular formula is C17H28N4O. The molecule has 2 fully saturated rings. The quantitative estimate of drug-likeness (QED) is 0.874. The number of carbonyl (C=O) groups is 1. The van der Waals surface area contributed by atoms with Gasteiger partial charge in [-0.2, -0.15) is 5.10 Å². The lowest BCUT2D eigenvalue weighted by molar-refractivity contribution is -0.131. The van der Waals surface area contributed by atoms with Crippen LogP contribution in [0.1, 0.15) is 51.3 Å². The van der Waals surface area contributed by atoms with Crippen LogP contribution in [0.5, 0.6) is 0 Å². The molecule has 122 valence electrons. The molecule has 0 unspecified atom stereocenters. The van der Waals surface area contributed by atoms with Crippen LogP contribution >= 0.6 is 0 Å². The Bertz CT molecular complexity index is 499. The van der Waals surface area contributed by atoms with Crippen molar-refractivity contribution in [1.82, 2.24) is 20.0 Å². The van der Waals surface area contributed by atoms with E-state index < -0.39 is 0 Å². The molecule has 1 amide bonds. The fourth-order valence-corrected chi connectivity index (χ4v) is 3.01. The third kappa shape index (κ3) is 4.09. The lowest BCUT2D eigenvalue weighted by Gasteiger charge is -2.32. The zero-order valence-electron chi connectivity index (χ0n) is 13.8. The maximum atomic E-state index is 12.4.